The van der Waals surface area contributed by atoms with Gasteiger partial charge in [-0.2, -0.15) is 0 Å². The van der Waals surface area contributed by atoms with Gasteiger partial charge in [-0.3, -0.25) is 14.6 Å². The van der Waals surface area contributed by atoms with Gasteiger partial charge in [0.1, 0.15) is 17.2 Å². The second-order valence-electron chi connectivity index (χ2n) is 9.69. The highest BCUT2D eigenvalue weighted by Gasteiger charge is 2.54. The number of aryl methyl sites for hydroxylation is 1. The molecule has 194 valence electrons. The number of fused-ring (bicyclic) bond motifs is 1. The van der Waals surface area contributed by atoms with Crippen LogP contribution in [0.2, 0.25) is 0 Å². The summed E-state index contributed by atoms with van der Waals surface area (Å²) in [6.07, 6.45) is 3.00. The fraction of sp³-hybridized carbons (Fsp3) is 0.258. The summed E-state index contributed by atoms with van der Waals surface area (Å²) in [5.41, 5.74) is 2.05. The number of carbonyl (C=O) groups excluding carboxylic acids is 2. The van der Waals surface area contributed by atoms with Gasteiger partial charge in [0.05, 0.1) is 25.2 Å². The van der Waals surface area contributed by atoms with Crippen molar-refractivity contribution in [1.82, 2.24) is 4.98 Å². The molecule has 38 heavy (non-hydrogen) atoms. The zero-order valence-electron chi connectivity index (χ0n) is 21.6. The van der Waals surface area contributed by atoms with Gasteiger partial charge in [-0.25, -0.2) is 0 Å². The summed E-state index contributed by atoms with van der Waals surface area (Å²) in [6, 6.07) is 17.9. The van der Waals surface area contributed by atoms with Crippen LogP contribution in [0.1, 0.15) is 29.5 Å². The number of nitrogens with zero attached hydrogens (tertiary/aromatic N) is 1. The Kier molecular flexibility index (Phi) is 6.76. The summed E-state index contributed by atoms with van der Waals surface area (Å²) < 4.78 is 16.9. The zero-order valence-corrected chi connectivity index (χ0v) is 21.6. The van der Waals surface area contributed by atoms with E-state index < -0.39 is 5.41 Å². The first-order valence-corrected chi connectivity index (χ1v) is 12.5. The molecule has 5 rings (SSSR count). The standard InChI is InChI=1S/C31H29NO6/c1-19-4-7-21(25(33)14-19)16-30(35)31(11-12-31)29(34)15-20-5-8-22(9-6-20)38-26-10-13-32-24-18-28(37-3)27(36-2)17-23(24)26/h4-10,13-14,17-18,33H,11-12,15-16H2,1-3H3. The fourth-order valence-corrected chi connectivity index (χ4v) is 4.70. The van der Waals surface area contributed by atoms with Crippen LogP contribution in [0.5, 0.6) is 28.7 Å². The van der Waals surface area contributed by atoms with Crippen molar-refractivity contribution in [3.05, 3.63) is 83.6 Å². The van der Waals surface area contributed by atoms with E-state index in [1.165, 1.54) is 0 Å². The van der Waals surface area contributed by atoms with Crippen LogP contribution in [0.4, 0.5) is 0 Å². The Morgan fingerprint density at radius 2 is 1.55 bits per heavy atom. The smallest absolute Gasteiger partial charge is 0.162 e. The first kappa shape index (κ1) is 25.3. The molecule has 0 atom stereocenters. The van der Waals surface area contributed by atoms with Gasteiger partial charge in [-0.05, 0) is 61.2 Å². The second-order valence-corrected chi connectivity index (χ2v) is 9.69. The Morgan fingerprint density at radius 3 is 2.21 bits per heavy atom. The molecular formula is C31H29NO6. The number of rotatable bonds is 10. The van der Waals surface area contributed by atoms with Crippen molar-refractivity contribution in [2.45, 2.75) is 32.6 Å². The Bertz CT molecular complexity index is 1520. The second kappa shape index (κ2) is 10.2. The maximum absolute atomic E-state index is 13.2. The molecule has 3 aromatic carbocycles. The van der Waals surface area contributed by atoms with E-state index >= 15 is 0 Å². The number of aromatic hydroxyl groups is 1. The van der Waals surface area contributed by atoms with Crippen LogP contribution in [0.3, 0.4) is 0 Å². The lowest BCUT2D eigenvalue weighted by molar-refractivity contribution is -0.133. The van der Waals surface area contributed by atoms with Crippen molar-refractivity contribution in [1.29, 1.82) is 0 Å². The first-order valence-electron chi connectivity index (χ1n) is 12.5. The number of methoxy groups -OCH3 is 2. The largest absolute Gasteiger partial charge is 0.508 e. The molecular weight excluding hydrogens is 482 g/mol. The minimum absolute atomic E-state index is 0.0567. The summed E-state index contributed by atoms with van der Waals surface area (Å²) in [7, 11) is 3.15. The number of phenols is 1. The number of ether oxygens (including phenoxy) is 3. The van der Waals surface area contributed by atoms with E-state index in [0.717, 1.165) is 16.5 Å². The molecule has 0 unspecified atom stereocenters. The molecule has 1 aliphatic carbocycles. The predicted molar refractivity (Wildman–Crippen MR) is 143 cm³/mol. The average molecular weight is 512 g/mol. The van der Waals surface area contributed by atoms with Crippen LogP contribution < -0.4 is 14.2 Å². The number of Topliss-reactive ketones (excluding diaryl/α,β-unsaturated/α-hetero) is 2. The Balaban J connectivity index is 1.27. The van der Waals surface area contributed by atoms with Crippen molar-refractivity contribution < 1.29 is 28.9 Å². The molecule has 0 bridgehead atoms. The molecule has 4 aromatic rings. The number of phenolic OH excluding ortho intramolecular Hbond substituents is 1. The molecule has 1 aromatic heterocycles. The molecule has 0 amide bonds. The number of hydrogen-bond acceptors (Lipinski definition) is 7. The van der Waals surface area contributed by atoms with Crippen LogP contribution in [-0.2, 0) is 22.4 Å². The number of hydrogen-bond donors (Lipinski definition) is 1. The maximum atomic E-state index is 13.2. The average Bonchev–Trinajstić information content (AvgIpc) is 3.73. The lowest BCUT2D eigenvalue weighted by atomic mass is 9.87. The van der Waals surface area contributed by atoms with Gasteiger partial charge in [0, 0.05) is 36.1 Å². The minimum Gasteiger partial charge on any atom is -0.508 e. The number of ketones is 2. The summed E-state index contributed by atoms with van der Waals surface area (Å²) in [4.78, 5) is 30.6. The third-order valence-electron chi connectivity index (χ3n) is 7.13. The van der Waals surface area contributed by atoms with Crippen molar-refractivity contribution in [2.75, 3.05) is 14.2 Å². The van der Waals surface area contributed by atoms with Crippen LogP contribution in [0, 0.1) is 12.3 Å². The lowest BCUT2D eigenvalue weighted by Gasteiger charge is -2.14. The van der Waals surface area contributed by atoms with Crippen molar-refractivity contribution in [3.63, 3.8) is 0 Å². The molecule has 7 heteroatoms. The third kappa shape index (κ3) is 4.92. The molecule has 1 saturated carbocycles. The van der Waals surface area contributed by atoms with Gasteiger partial charge in [0.2, 0.25) is 0 Å². The highest BCUT2D eigenvalue weighted by Crippen LogP contribution is 2.49. The van der Waals surface area contributed by atoms with E-state index in [-0.39, 0.29) is 30.2 Å². The van der Waals surface area contributed by atoms with E-state index in [1.807, 2.05) is 31.2 Å². The van der Waals surface area contributed by atoms with Gasteiger partial charge in [-0.15, -0.1) is 0 Å². The van der Waals surface area contributed by atoms with Crippen molar-refractivity contribution in [2.24, 2.45) is 5.41 Å². The van der Waals surface area contributed by atoms with E-state index in [9.17, 15) is 14.7 Å². The Hall–Kier alpha value is -4.39. The summed E-state index contributed by atoms with van der Waals surface area (Å²) >= 11 is 0. The van der Waals surface area contributed by atoms with Crippen LogP contribution in [0.15, 0.2) is 66.9 Å². The lowest BCUT2D eigenvalue weighted by Crippen LogP contribution is -2.28. The monoisotopic (exact) mass is 511 g/mol. The molecule has 0 radical (unpaired) electrons. The number of benzene rings is 3. The van der Waals surface area contributed by atoms with Gasteiger partial charge in [0.25, 0.3) is 0 Å². The highest BCUT2D eigenvalue weighted by atomic mass is 16.5. The maximum Gasteiger partial charge on any atom is 0.162 e. The predicted octanol–water partition coefficient (Wildman–Crippen LogP) is 5.76. The first-order chi connectivity index (χ1) is 18.3. The highest BCUT2D eigenvalue weighted by molar-refractivity contribution is 6.11. The van der Waals surface area contributed by atoms with Crippen molar-refractivity contribution >= 4 is 22.5 Å². The summed E-state index contributed by atoms with van der Waals surface area (Å²) in [6.45, 7) is 1.88. The molecule has 1 aliphatic rings. The number of aromatic nitrogens is 1. The SMILES string of the molecule is COc1cc2nccc(Oc3ccc(CC(=O)C4(C(=O)Cc5ccc(C)cc5O)CC4)cc3)c2cc1OC. The Morgan fingerprint density at radius 1 is 0.868 bits per heavy atom. The van der Waals surface area contributed by atoms with Crippen LogP contribution in [0.25, 0.3) is 10.9 Å². The normalized spacial score (nSPS) is 13.7. The topological polar surface area (TPSA) is 95.0 Å². The Labute approximate surface area is 221 Å². The molecule has 1 heterocycles. The molecule has 0 saturated heterocycles. The zero-order chi connectivity index (χ0) is 26.9. The van der Waals surface area contributed by atoms with E-state index in [0.29, 0.717) is 46.9 Å². The van der Waals surface area contributed by atoms with E-state index in [2.05, 4.69) is 4.98 Å². The molecule has 0 aliphatic heterocycles. The third-order valence-corrected chi connectivity index (χ3v) is 7.13. The molecule has 0 spiro atoms. The number of carbonyl (C=O) groups is 2. The quantitative estimate of drug-likeness (QED) is 0.270. The van der Waals surface area contributed by atoms with Gasteiger partial charge < -0.3 is 19.3 Å². The van der Waals surface area contributed by atoms with Gasteiger partial charge in [0.15, 0.2) is 23.1 Å². The molecule has 1 fully saturated rings. The van der Waals surface area contributed by atoms with Crippen LogP contribution >= 0.6 is 0 Å². The summed E-state index contributed by atoms with van der Waals surface area (Å²) in [5.74, 6) is 2.27. The molecule has 7 nitrogen and oxygen atoms in total. The van der Waals surface area contributed by atoms with Gasteiger partial charge in [-0.1, -0.05) is 24.3 Å². The molecule has 1 N–H and O–H groups in total. The fourth-order valence-electron chi connectivity index (χ4n) is 4.70. The number of pyridine rings is 1. The van der Waals surface area contributed by atoms with E-state index in [1.54, 1.807) is 56.8 Å². The summed E-state index contributed by atoms with van der Waals surface area (Å²) in [5, 5.41) is 11.0. The van der Waals surface area contributed by atoms with Gasteiger partial charge >= 0.3 is 0 Å². The van der Waals surface area contributed by atoms with Crippen LogP contribution in [-0.4, -0.2) is 35.9 Å². The minimum atomic E-state index is -0.942. The van der Waals surface area contributed by atoms with E-state index in [4.69, 9.17) is 14.2 Å². The van der Waals surface area contributed by atoms with Crippen molar-refractivity contribution in [3.8, 4) is 28.7 Å².